The van der Waals surface area contributed by atoms with Crippen molar-refractivity contribution in [3.05, 3.63) is 0 Å². The van der Waals surface area contributed by atoms with Crippen LogP contribution in [0.3, 0.4) is 0 Å². The van der Waals surface area contributed by atoms with Gasteiger partial charge >= 0.3 is 65.3 Å². The second-order valence-corrected chi connectivity index (χ2v) is 0.884. The summed E-state index contributed by atoms with van der Waals surface area (Å²) in [5.41, 5.74) is 0. The fraction of sp³-hybridized carbons (Fsp3) is 0. The van der Waals surface area contributed by atoms with Gasteiger partial charge in [-0.1, -0.05) is 0 Å². The van der Waals surface area contributed by atoms with Crippen LogP contribution in [0.15, 0.2) is 0 Å². The molecule has 0 aliphatic rings. The minimum Gasteiger partial charge on any atom is -0.565 e. The van der Waals surface area contributed by atoms with Gasteiger partial charge in [0.1, 0.15) is 0 Å². The van der Waals surface area contributed by atoms with E-state index < -0.39 is 18.5 Å². The zero-order valence-electron chi connectivity index (χ0n) is 6.84. The maximum Gasteiger partial charge on any atom is 1.00 e. The van der Waals surface area contributed by atoms with Crippen LogP contribution in [0.1, 0.15) is 0 Å². The number of carboxylic acid groups (broad SMARTS) is 4. The summed E-state index contributed by atoms with van der Waals surface area (Å²) in [7, 11) is 0. The number of hydrogen-bond donors (Lipinski definition) is 2. The molecule has 0 aromatic heterocycles. The van der Waals surface area contributed by atoms with Crippen LogP contribution < -0.4 is 69.3 Å². The van der Waals surface area contributed by atoms with Gasteiger partial charge in [-0.2, -0.15) is 0 Å². The van der Waals surface area contributed by atoms with Gasteiger partial charge in [-0.15, -0.1) is 0 Å². The summed E-state index contributed by atoms with van der Waals surface area (Å²) in [6.07, 6.45) is -6.02. The van der Waals surface area contributed by atoms with Gasteiger partial charge in [0, 0.05) is 0 Å². The van der Waals surface area contributed by atoms with E-state index in [0.717, 1.165) is 0 Å². The molecule has 13 heavy (non-hydrogen) atoms. The number of hydrogen-bond acceptors (Lipinski definition) is 6. The number of ether oxygens (including phenoxy) is 1. The maximum absolute atomic E-state index is 9.17. The fourth-order valence-electron chi connectivity index (χ4n) is 0.0713. The Labute approximate surface area is 116 Å². The van der Waals surface area contributed by atoms with Crippen molar-refractivity contribution in [3.63, 3.8) is 0 Å². The molecule has 0 unspecified atom stereocenters. The van der Waals surface area contributed by atoms with Crippen molar-refractivity contribution in [2.24, 2.45) is 0 Å². The molecule has 0 radical (unpaired) electrons. The molecule has 0 heterocycles. The van der Waals surface area contributed by atoms with E-state index >= 15 is 0 Å². The third-order valence-corrected chi connectivity index (χ3v) is 0.171. The largest absolute Gasteiger partial charge is 1.00 e. The molecule has 0 rings (SSSR count). The van der Waals surface area contributed by atoms with E-state index in [1.807, 2.05) is 0 Å². The topological polar surface area (TPSA) is 147 Å². The average Bonchev–Trinajstić information content (AvgIpc) is 1.56. The number of rotatable bonds is 0. The molecule has 64 valence electrons. The summed E-state index contributed by atoms with van der Waals surface area (Å²) >= 11 is 0. The molecule has 0 saturated carbocycles. The molecule has 2 N–H and O–H groups in total. The Morgan fingerprint density at radius 3 is 1.23 bits per heavy atom. The van der Waals surface area contributed by atoms with Crippen molar-refractivity contribution in [3.8, 4) is 0 Å². The first-order valence-electron chi connectivity index (χ1n) is 1.88. The minimum atomic E-state index is -2.08. The third-order valence-electron chi connectivity index (χ3n) is 0.171. The summed E-state index contributed by atoms with van der Waals surface area (Å²) in [6, 6.07) is 0. The van der Waals surface area contributed by atoms with Crippen molar-refractivity contribution >= 4 is 18.5 Å². The van der Waals surface area contributed by atoms with E-state index in [4.69, 9.17) is 34.8 Å². The first-order chi connectivity index (χ1) is 4.86. The average molecular weight is 212 g/mol. The Balaban J connectivity index is -0.0000000600. The van der Waals surface area contributed by atoms with Crippen molar-refractivity contribution < 1.29 is 98.7 Å². The number of carbonyl (C=O) groups excluding carboxylic acids is 1. The van der Waals surface area contributed by atoms with Crippen LogP contribution in [0.25, 0.3) is 0 Å². The van der Waals surface area contributed by atoms with E-state index in [0.29, 0.717) is 0 Å². The first-order valence-corrected chi connectivity index (χ1v) is 1.88. The summed E-state index contributed by atoms with van der Waals surface area (Å²) in [5, 5.41) is 31.8. The second kappa shape index (κ2) is 14.5. The van der Waals surface area contributed by atoms with Gasteiger partial charge < -0.3 is 34.8 Å². The second-order valence-electron chi connectivity index (χ2n) is 0.884. The maximum atomic E-state index is 9.17. The van der Waals surface area contributed by atoms with Gasteiger partial charge in [-0.05, 0) is 0 Å². The Morgan fingerprint density at radius 1 is 1.00 bits per heavy atom. The third kappa shape index (κ3) is 74.8. The predicted molar refractivity (Wildman–Crippen MR) is 22.5 cm³/mol. The molecule has 0 saturated heterocycles. The first kappa shape index (κ1) is 23.1. The quantitative estimate of drug-likeness (QED) is 0.228. The molecule has 0 aromatic carbocycles. The van der Waals surface area contributed by atoms with E-state index in [2.05, 4.69) is 4.74 Å². The molecule has 0 spiro atoms. The zero-order chi connectivity index (χ0) is 9.44. The normalized spacial score (nSPS) is 5.85. The van der Waals surface area contributed by atoms with Crippen LogP contribution in [0.2, 0.25) is 0 Å². The van der Waals surface area contributed by atoms with Crippen LogP contribution in [0, 0.1) is 0 Å². The smallest absolute Gasteiger partial charge is 0.565 e. The molecule has 0 aliphatic carbocycles. The van der Waals surface area contributed by atoms with Crippen LogP contribution in [-0.2, 0) is 4.74 Å². The molecular formula is C3H2Na2O8. The molecule has 10 heteroatoms. The summed E-state index contributed by atoms with van der Waals surface area (Å²) in [5.74, 6) is 0. The number of carbonyl (C=O) groups is 3. The van der Waals surface area contributed by atoms with Gasteiger partial charge in [0.25, 0.3) is 6.16 Å². The molecule has 0 aliphatic heterocycles. The van der Waals surface area contributed by atoms with Crippen LogP contribution in [-0.4, -0.2) is 28.7 Å². The molecular weight excluding hydrogens is 210 g/mol. The van der Waals surface area contributed by atoms with Crippen LogP contribution in [0.4, 0.5) is 14.4 Å². The van der Waals surface area contributed by atoms with E-state index in [-0.39, 0.29) is 59.1 Å². The van der Waals surface area contributed by atoms with E-state index in [1.54, 1.807) is 0 Å². The van der Waals surface area contributed by atoms with Crippen molar-refractivity contribution in [1.82, 2.24) is 0 Å². The standard InChI is InChI=1S/C2H2O5.CH2O3.2Na/c3-1(4)7-2(5)6;2-1(3)4;;/h(H,3,4)(H,5,6);(H2,2,3,4);;/q;;2*+1/p-2. The molecule has 0 aromatic rings. The summed E-state index contributed by atoms with van der Waals surface area (Å²) in [4.78, 5) is 26.7. The fourth-order valence-corrected chi connectivity index (χ4v) is 0.0713. The van der Waals surface area contributed by atoms with Crippen LogP contribution in [0.5, 0.6) is 0 Å². The van der Waals surface area contributed by atoms with Crippen molar-refractivity contribution in [1.29, 1.82) is 0 Å². The van der Waals surface area contributed by atoms with Crippen molar-refractivity contribution in [2.75, 3.05) is 0 Å². The Morgan fingerprint density at radius 2 is 1.23 bits per heavy atom. The Bertz CT molecular complexity index is 151. The molecule has 0 bridgehead atoms. The van der Waals surface area contributed by atoms with Gasteiger partial charge in [0.15, 0.2) is 0 Å². The van der Waals surface area contributed by atoms with Crippen LogP contribution >= 0.6 is 0 Å². The van der Waals surface area contributed by atoms with Gasteiger partial charge in [-0.3, -0.25) is 0 Å². The van der Waals surface area contributed by atoms with Crippen molar-refractivity contribution in [2.45, 2.75) is 0 Å². The molecule has 0 atom stereocenters. The predicted octanol–water partition coefficient (Wildman–Crippen LogP) is -8.08. The zero-order valence-corrected chi connectivity index (χ0v) is 10.8. The molecule has 0 amide bonds. The Hall–Kier alpha value is 0.0100. The van der Waals surface area contributed by atoms with Gasteiger partial charge in [0.05, 0.1) is 0 Å². The van der Waals surface area contributed by atoms with E-state index in [9.17, 15) is 0 Å². The van der Waals surface area contributed by atoms with Gasteiger partial charge in [-0.25, -0.2) is 4.79 Å². The Kier molecular flexibility index (Phi) is 25.8. The molecule has 8 nitrogen and oxygen atoms in total. The van der Waals surface area contributed by atoms with Gasteiger partial charge in [0.2, 0.25) is 6.16 Å². The summed E-state index contributed by atoms with van der Waals surface area (Å²) in [6.45, 7) is 0. The monoisotopic (exact) mass is 212 g/mol. The molecule has 0 fully saturated rings. The summed E-state index contributed by atoms with van der Waals surface area (Å²) < 4.78 is 2.97. The SMILES string of the molecule is O=C([O-])O.O=C([O-])OC(=O)O.[Na+].[Na+]. The van der Waals surface area contributed by atoms with E-state index in [1.165, 1.54) is 0 Å². The minimum absolute atomic E-state index is 0.